The Balaban J connectivity index is 2.06. The van der Waals surface area contributed by atoms with Gasteiger partial charge in [-0.05, 0) is 5.56 Å². The van der Waals surface area contributed by atoms with Gasteiger partial charge in [-0.3, -0.25) is 4.79 Å². The minimum atomic E-state index is -1.24. The Kier molecular flexibility index (Phi) is 3.96. The van der Waals surface area contributed by atoms with E-state index in [0.29, 0.717) is 5.56 Å². The number of hydrogen-bond acceptors (Lipinski definition) is 5. The molecule has 0 radical (unpaired) electrons. The summed E-state index contributed by atoms with van der Waals surface area (Å²) in [5.74, 6) is -0.557. The van der Waals surface area contributed by atoms with Gasteiger partial charge in [0.15, 0.2) is 0 Å². The molecule has 3 N–H and O–H groups in total. The fraction of sp³-hybridized carbons (Fsp3) is 0.462. The number of carbonyl (C=O) groups is 1. The molecule has 0 amide bonds. The monoisotopic (exact) mass is 252 g/mol. The van der Waals surface area contributed by atoms with Gasteiger partial charge in [0.05, 0.1) is 12.5 Å². The summed E-state index contributed by atoms with van der Waals surface area (Å²) in [5.41, 5.74) is 0.543. The molecule has 0 unspecified atom stereocenters. The quantitative estimate of drug-likeness (QED) is 0.666. The molecule has 4 atom stereocenters. The molecule has 1 fully saturated rings. The third-order valence-electron chi connectivity index (χ3n) is 3.04. The van der Waals surface area contributed by atoms with Crippen molar-refractivity contribution in [2.75, 3.05) is 0 Å². The number of cyclic esters (lactones) is 1. The number of carbonyl (C=O) groups excluding carboxylic acids is 1. The first-order valence-electron chi connectivity index (χ1n) is 5.86. The number of esters is 1. The SMILES string of the molecule is O=C1C[C@H](O)C[C@H]([C@@H](O)[C@H](O)c2ccccc2)O1. The average Bonchev–Trinajstić information content (AvgIpc) is 2.37. The molecule has 5 nitrogen and oxygen atoms in total. The summed E-state index contributed by atoms with van der Waals surface area (Å²) in [6.45, 7) is 0. The van der Waals surface area contributed by atoms with E-state index in [0.717, 1.165) is 0 Å². The molecule has 1 saturated heterocycles. The van der Waals surface area contributed by atoms with Crippen LogP contribution in [-0.2, 0) is 9.53 Å². The van der Waals surface area contributed by atoms with E-state index in [1.54, 1.807) is 30.3 Å². The number of rotatable bonds is 3. The molecule has 0 saturated carbocycles. The summed E-state index contributed by atoms with van der Waals surface area (Å²) in [7, 11) is 0. The lowest BCUT2D eigenvalue weighted by molar-refractivity contribution is -0.174. The lowest BCUT2D eigenvalue weighted by atomic mass is 9.94. The van der Waals surface area contributed by atoms with Crippen molar-refractivity contribution >= 4 is 5.97 Å². The molecular weight excluding hydrogens is 236 g/mol. The molecule has 0 aromatic heterocycles. The standard InChI is InChI=1S/C13H16O5/c14-9-6-10(18-11(15)7-9)13(17)12(16)8-4-2-1-3-5-8/h1-5,9-10,12-14,16-17H,6-7H2/t9-,10-,12-,13-/m1/s1. The Hall–Kier alpha value is -1.43. The van der Waals surface area contributed by atoms with Gasteiger partial charge in [-0.2, -0.15) is 0 Å². The van der Waals surface area contributed by atoms with Gasteiger partial charge in [0.1, 0.15) is 18.3 Å². The van der Waals surface area contributed by atoms with Crippen molar-refractivity contribution in [2.45, 2.75) is 37.3 Å². The first-order valence-corrected chi connectivity index (χ1v) is 5.86. The minimum Gasteiger partial charge on any atom is -0.459 e. The average molecular weight is 252 g/mol. The van der Waals surface area contributed by atoms with E-state index >= 15 is 0 Å². The fourth-order valence-corrected chi connectivity index (χ4v) is 2.07. The highest BCUT2D eigenvalue weighted by molar-refractivity contribution is 5.71. The normalized spacial score (nSPS) is 27.4. The van der Waals surface area contributed by atoms with E-state index in [1.165, 1.54) is 0 Å². The molecular formula is C13H16O5. The molecule has 1 aliphatic heterocycles. The van der Waals surface area contributed by atoms with E-state index in [4.69, 9.17) is 4.74 Å². The highest BCUT2D eigenvalue weighted by Gasteiger charge is 2.36. The van der Waals surface area contributed by atoms with E-state index in [9.17, 15) is 20.1 Å². The van der Waals surface area contributed by atoms with Gasteiger partial charge in [-0.15, -0.1) is 0 Å². The van der Waals surface area contributed by atoms with Gasteiger partial charge >= 0.3 is 5.97 Å². The minimum absolute atomic E-state index is 0.0648. The second-order valence-electron chi connectivity index (χ2n) is 4.47. The zero-order valence-electron chi connectivity index (χ0n) is 9.77. The van der Waals surface area contributed by atoms with Crippen LogP contribution in [-0.4, -0.2) is 39.6 Å². The van der Waals surface area contributed by atoms with Crippen molar-refractivity contribution in [3.8, 4) is 0 Å². The number of aliphatic hydroxyl groups excluding tert-OH is 3. The summed E-state index contributed by atoms with van der Waals surface area (Å²) in [4.78, 5) is 11.2. The fourth-order valence-electron chi connectivity index (χ4n) is 2.07. The third-order valence-corrected chi connectivity index (χ3v) is 3.04. The van der Waals surface area contributed by atoms with Crippen molar-refractivity contribution in [3.63, 3.8) is 0 Å². The van der Waals surface area contributed by atoms with Crippen LogP contribution in [0.4, 0.5) is 0 Å². The number of aliphatic hydroxyl groups is 3. The van der Waals surface area contributed by atoms with Gasteiger partial charge in [-0.1, -0.05) is 30.3 Å². The first-order chi connectivity index (χ1) is 8.58. The Morgan fingerprint density at radius 2 is 1.89 bits per heavy atom. The molecule has 2 rings (SSSR count). The van der Waals surface area contributed by atoms with Crippen molar-refractivity contribution in [1.29, 1.82) is 0 Å². The van der Waals surface area contributed by atoms with Crippen LogP contribution in [0.25, 0.3) is 0 Å². The van der Waals surface area contributed by atoms with Crippen molar-refractivity contribution in [2.24, 2.45) is 0 Å². The highest BCUT2D eigenvalue weighted by Crippen LogP contribution is 2.25. The van der Waals surface area contributed by atoms with Gasteiger partial charge in [0.25, 0.3) is 0 Å². The van der Waals surface area contributed by atoms with E-state index in [2.05, 4.69) is 0 Å². The molecule has 98 valence electrons. The number of hydrogen-bond donors (Lipinski definition) is 3. The Bertz CT molecular complexity index is 405. The first kappa shape index (κ1) is 13.0. The van der Waals surface area contributed by atoms with Gasteiger partial charge in [0, 0.05) is 6.42 Å². The van der Waals surface area contributed by atoms with E-state index < -0.39 is 30.4 Å². The summed E-state index contributed by atoms with van der Waals surface area (Å²) < 4.78 is 4.95. The van der Waals surface area contributed by atoms with Gasteiger partial charge in [-0.25, -0.2) is 0 Å². The largest absolute Gasteiger partial charge is 0.459 e. The second kappa shape index (κ2) is 5.48. The summed E-state index contributed by atoms with van der Waals surface area (Å²) >= 11 is 0. The van der Waals surface area contributed by atoms with Crippen LogP contribution in [0.3, 0.4) is 0 Å². The van der Waals surface area contributed by atoms with Crippen LogP contribution >= 0.6 is 0 Å². The summed E-state index contributed by atoms with van der Waals surface area (Å²) in [6, 6.07) is 8.64. The van der Waals surface area contributed by atoms with Crippen LogP contribution in [0.1, 0.15) is 24.5 Å². The molecule has 0 spiro atoms. The maximum atomic E-state index is 11.2. The van der Waals surface area contributed by atoms with Gasteiger partial charge < -0.3 is 20.1 Å². The molecule has 0 aliphatic carbocycles. The smallest absolute Gasteiger partial charge is 0.308 e. The van der Waals surface area contributed by atoms with Crippen molar-refractivity contribution in [3.05, 3.63) is 35.9 Å². The summed E-state index contributed by atoms with van der Waals surface area (Å²) in [5, 5.41) is 29.4. The molecule has 1 aromatic rings. The zero-order chi connectivity index (χ0) is 13.1. The molecule has 5 heteroatoms. The Morgan fingerprint density at radius 3 is 2.50 bits per heavy atom. The number of ether oxygens (including phenoxy) is 1. The molecule has 1 heterocycles. The van der Waals surface area contributed by atoms with Crippen molar-refractivity contribution in [1.82, 2.24) is 0 Å². The van der Waals surface area contributed by atoms with E-state index in [1.807, 2.05) is 0 Å². The predicted octanol–water partition coefficient (Wildman–Crippen LogP) is 0.147. The molecule has 0 bridgehead atoms. The van der Waals surface area contributed by atoms with Crippen LogP contribution < -0.4 is 0 Å². The van der Waals surface area contributed by atoms with E-state index in [-0.39, 0.29) is 12.8 Å². The van der Waals surface area contributed by atoms with Crippen molar-refractivity contribution < 1.29 is 24.9 Å². The van der Waals surface area contributed by atoms with Crippen LogP contribution in [0, 0.1) is 0 Å². The Morgan fingerprint density at radius 1 is 1.22 bits per heavy atom. The third kappa shape index (κ3) is 2.87. The molecule has 1 aliphatic rings. The highest BCUT2D eigenvalue weighted by atomic mass is 16.6. The lowest BCUT2D eigenvalue weighted by Crippen LogP contribution is -2.42. The van der Waals surface area contributed by atoms with Crippen LogP contribution in [0.5, 0.6) is 0 Å². The topological polar surface area (TPSA) is 87.0 Å². The second-order valence-corrected chi connectivity index (χ2v) is 4.47. The molecule has 18 heavy (non-hydrogen) atoms. The predicted molar refractivity (Wildman–Crippen MR) is 62.5 cm³/mol. The summed E-state index contributed by atoms with van der Waals surface area (Å²) in [6.07, 6.45) is -4.02. The maximum Gasteiger partial charge on any atom is 0.308 e. The number of benzene rings is 1. The van der Waals surface area contributed by atoms with Gasteiger partial charge in [0.2, 0.25) is 0 Å². The Labute approximate surface area is 105 Å². The zero-order valence-corrected chi connectivity index (χ0v) is 9.77. The lowest BCUT2D eigenvalue weighted by Gasteiger charge is -2.31. The van der Waals surface area contributed by atoms with Crippen LogP contribution in [0.15, 0.2) is 30.3 Å². The van der Waals surface area contributed by atoms with Crippen LogP contribution in [0.2, 0.25) is 0 Å². The maximum absolute atomic E-state index is 11.2. The molecule has 1 aromatic carbocycles.